The Morgan fingerprint density at radius 3 is 2.59 bits per heavy atom. The molecule has 1 aromatic carbocycles. The van der Waals surface area contributed by atoms with E-state index < -0.39 is 24.6 Å². The molecule has 0 spiro atoms. The second-order valence-electron chi connectivity index (χ2n) is 8.51. The summed E-state index contributed by atoms with van der Waals surface area (Å²) in [6, 6.07) is 7.30. The fourth-order valence-electron chi connectivity index (χ4n) is 4.85. The maximum Gasteiger partial charge on any atom is 0.244 e. The Morgan fingerprint density at radius 2 is 1.97 bits per heavy atom. The van der Waals surface area contributed by atoms with E-state index in [1.807, 2.05) is 24.3 Å². The van der Waals surface area contributed by atoms with Crippen LogP contribution in [0.2, 0.25) is 0 Å². The van der Waals surface area contributed by atoms with Crippen LogP contribution in [0.3, 0.4) is 0 Å². The number of sulfonamides is 1. The molecule has 2 unspecified atom stereocenters. The minimum Gasteiger partial charge on any atom is -0.497 e. The van der Waals surface area contributed by atoms with Crippen molar-refractivity contribution in [3.05, 3.63) is 50.0 Å². The van der Waals surface area contributed by atoms with Crippen LogP contribution < -0.4 is 9.88 Å². The predicted molar refractivity (Wildman–Crippen MR) is 125 cm³/mol. The molecule has 11 heteroatoms. The Kier molecular flexibility index (Phi) is 6.51. The monoisotopic (exact) mass is 500 g/mol. The summed E-state index contributed by atoms with van der Waals surface area (Å²) in [6.07, 6.45) is 3.48. The number of sulfone groups is 1. The molecular formula is C21H28N2O6S3. The highest BCUT2D eigenvalue weighted by atomic mass is 32.3. The Labute approximate surface area is 193 Å². The second-order valence-corrected chi connectivity index (χ2v) is 13.9. The first kappa shape index (κ1) is 23.8. The fourth-order valence-corrected chi connectivity index (χ4v) is 10.1. The summed E-state index contributed by atoms with van der Waals surface area (Å²) in [5.41, 5.74) is 1.81. The molecule has 5 rings (SSSR count). The van der Waals surface area contributed by atoms with Crippen molar-refractivity contribution < 1.29 is 26.3 Å². The quantitative estimate of drug-likeness (QED) is 0.541. The molecule has 0 amide bonds. The standard InChI is InChI=1S/C21H28N2O6S3/c1-28-9-3-8-21-11-16-14-23(13-15-4-6-18(29-2)7-5-15)17(12-21)10-19(32(22,26)27)30-20(16)31(21,24)25/h4-7,10,17H,3,8-9,11-14H2,1-2H3,(H2,22,26,27)/b19-10+. The van der Waals surface area contributed by atoms with Gasteiger partial charge in [0, 0.05) is 32.8 Å². The zero-order valence-corrected chi connectivity index (χ0v) is 20.6. The summed E-state index contributed by atoms with van der Waals surface area (Å²) >= 11 is 0.801. The van der Waals surface area contributed by atoms with E-state index in [2.05, 4.69) is 4.90 Å². The molecule has 0 aliphatic carbocycles. The molecule has 4 aliphatic rings. The lowest BCUT2D eigenvalue weighted by Crippen LogP contribution is -2.44. The van der Waals surface area contributed by atoms with Gasteiger partial charge in [-0.2, -0.15) is 0 Å². The van der Waals surface area contributed by atoms with Crippen molar-refractivity contribution in [3.63, 3.8) is 0 Å². The highest BCUT2D eigenvalue weighted by Gasteiger charge is 2.57. The van der Waals surface area contributed by atoms with E-state index in [1.165, 1.54) is 0 Å². The normalized spacial score (nSPS) is 28.8. The van der Waals surface area contributed by atoms with Crippen LogP contribution in [0.15, 0.2) is 44.4 Å². The lowest BCUT2D eigenvalue weighted by atomic mass is 9.90. The molecule has 0 aromatic heterocycles. The zero-order valence-electron chi connectivity index (χ0n) is 18.1. The fraction of sp³-hybridized carbons (Fsp3) is 0.524. The van der Waals surface area contributed by atoms with Crippen molar-refractivity contribution in [2.45, 2.75) is 43.0 Å². The van der Waals surface area contributed by atoms with E-state index >= 15 is 0 Å². The van der Waals surface area contributed by atoms with Crippen LogP contribution >= 0.6 is 11.8 Å². The van der Waals surface area contributed by atoms with Crippen molar-refractivity contribution in [3.8, 4) is 5.75 Å². The average molecular weight is 501 g/mol. The van der Waals surface area contributed by atoms with E-state index in [-0.39, 0.29) is 14.5 Å². The highest BCUT2D eigenvalue weighted by molar-refractivity contribution is 8.28. The van der Waals surface area contributed by atoms with Crippen LogP contribution in [-0.4, -0.2) is 59.9 Å². The number of methoxy groups -OCH3 is 2. The number of nitrogens with two attached hydrogens (primary N) is 1. The van der Waals surface area contributed by atoms with Crippen LogP contribution in [0.1, 0.15) is 31.2 Å². The van der Waals surface area contributed by atoms with E-state index in [1.54, 1.807) is 20.3 Å². The van der Waals surface area contributed by atoms with Crippen LogP contribution in [0, 0.1) is 0 Å². The molecule has 32 heavy (non-hydrogen) atoms. The number of benzene rings is 1. The van der Waals surface area contributed by atoms with Gasteiger partial charge < -0.3 is 9.47 Å². The van der Waals surface area contributed by atoms with Gasteiger partial charge in [-0.3, -0.25) is 4.90 Å². The third-order valence-corrected chi connectivity index (χ3v) is 12.2. The molecule has 1 aromatic rings. The molecule has 2 atom stereocenters. The minimum atomic E-state index is -4.05. The molecule has 0 radical (unpaired) electrons. The number of rotatable bonds is 8. The average Bonchev–Trinajstić information content (AvgIpc) is 2.83. The number of nitrogens with zero attached hydrogens (tertiary/aromatic N) is 1. The molecular weight excluding hydrogens is 472 g/mol. The van der Waals surface area contributed by atoms with Crippen molar-refractivity contribution in [1.29, 1.82) is 0 Å². The minimum absolute atomic E-state index is 0.0922. The van der Waals surface area contributed by atoms with E-state index in [4.69, 9.17) is 14.6 Å². The molecule has 4 bridgehead atoms. The summed E-state index contributed by atoms with van der Waals surface area (Å²) in [5, 5.41) is 5.46. The molecule has 2 N–H and O–H groups in total. The van der Waals surface area contributed by atoms with E-state index in [9.17, 15) is 16.8 Å². The first-order chi connectivity index (χ1) is 15.1. The van der Waals surface area contributed by atoms with Gasteiger partial charge in [0.25, 0.3) is 0 Å². The number of hydrogen-bond donors (Lipinski definition) is 1. The van der Waals surface area contributed by atoms with Crippen LogP contribution in [-0.2, 0) is 31.1 Å². The summed E-state index contributed by atoms with van der Waals surface area (Å²) in [6.45, 7) is 1.50. The lowest BCUT2D eigenvalue weighted by molar-refractivity contribution is 0.184. The van der Waals surface area contributed by atoms with Gasteiger partial charge >= 0.3 is 0 Å². The van der Waals surface area contributed by atoms with Crippen molar-refractivity contribution in [2.75, 3.05) is 27.4 Å². The van der Waals surface area contributed by atoms with Gasteiger partial charge in [-0.25, -0.2) is 22.0 Å². The Morgan fingerprint density at radius 1 is 1.25 bits per heavy atom. The molecule has 0 saturated carbocycles. The summed E-state index contributed by atoms with van der Waals surface area (Å²) < 4.78 is 61.3. The maximum atomic E-state index is 13.6. The number of fused-ring (bicyclic) bond motifs is 2. The molecule has 176 valence electrons. The summed E-state index contributed by atoms with van der Waals surface area (Å²) in [5.74, 6) is 0.752. The molecule has 4 aliphatic heterocycles. The molecule has 1 fully saturated rings. The predicted octanol–water partition coefficient (Wildman–Crippen LogP) is 2.34. The van der Waals surface area contributed by atoms with Gasteiger partial charge in [0.2, 0.25) is 10.0 Å². The van der Waals surface area contributed by atoms with Crippen molar-refractivity contribution in [1.82, 2.24) is 4.90 Å². The molecule has 4 heterocycles. The van der Waals surface area contributed by atoms with Gasteiger partial charge in [0.1, 0.15) is 14.2 Å². The van der Waals surface area contributed by atoms with E-state index in [0.29, 0.717) is 45.4 Å². The zero-order chi connectivity index (χ0) is 23.1. The van der Waals surface area contributed by atoms with Gasteiger partial charge in [0.05, 0.1) is 11.9 Å². The first-order valence-corrected chi connectivity index (χ1v) is 14.2. The number of primary sulfonamides is 1. The lowest BCUT2D eigenvalue weighted by Gasteiger charge is -2.37. The van der Waals surface area contributed by atoms with Crippen LogP contribution in [0.5, 0.6) is 5.75 Å². The van der Waals surface area contributed by atoms with Crippen LogP contribution in [0.25, 0.3) is 0 Å². The van der Waals surface area contributed by atoms with Gasteiger partial charge in [0.15, 0.2) is 9.84 Å². The van der Waals surface area contributed by atoms with Gasteiger partial charge in [-0.05, 0) is 55.0 Å². The number of hydrogen-bond acceptors (Lipinski definition) is 8. The molecule has 8 nitrogen and oxygen atoms in total. The maximum absolute atomic E-state index is 13.6. The van der Waals surface area contributed by atoms with E-state index in [0.717, 1.165) is 28.6 Å². The summed E-state index contributed by atoms with van der Waals surface area (Å²) in [4.78, 5) is 2.15. The third-order valence-electron chi connectivity index (χ3n) is 6.41. The Balaban J connectivity index is 1.76. The van der Waals surface area contributed by atoms with Crippen molar-refractivity contribution >= 4 is 31.6 Å². The van der Waals surface area contributed by atoms with Gasteiger partial charge in [-0.1, -0.05) is 23.9 Å². The topological polar surface area (TPSA) is 116 Å². The Hall–Kier alpha value is -1.37. The SMILES string of the molecule is COCCCC12CC3=C(S/C(S(N)(=O)=O)=C\C(C1)N(Cc1ccc(OC)cc1)C3)S2(=O)=O. The highest BCUT2D eigenvalue weighted by Crippen LogP contribution is 2.56. The largest absolute Gasteiger partial charge is 0.497 e. The smallest absolute Gasteiger partial charge is 0.244 e. The van der Waals surface area contributed by atoms with Crippen LogP contribution in [0.4, 0.5) is 0 Å². The Bertz CT molecular complexity index is 1160. The first-order valence-electron chi connectivity index (χ1n) is 10.3. The molecule has 1 saturated heterocycles. The number of ether oxygens (including phenoxy) is 2. The number of thioether (sulfide) groups is 1. The summed E-state index contributed by atoms with van der Waals surface area (Å²) in [7, 11) is -4.52. The van der Waals surface area contributed by atoms with Crippen molar-refractivity contribution in [2.24, 2.45) is 5.14 Å². The second kappa shape index (κ2) is 8.77. The van der Waals surface area contributed by atoms with Gasteiger partial charge in [-0.15, -0.1) is 0 Å². The third kappa shape index (κ3) is 4.26.